The maximum absolute atomic E-state index is 13.2. The van der Waals surface area contributed by atoms with Crippen molar-refractivity contribution in [3.8, 4) is 0 Å². The summed E-state index contributed by atoms with van der Waals surface area (Å²) in [6, 6.07) is 2.24. The Bertz CT molecular complexity index is 774. The Labute approximate surface area is 120 Å². The molecule has 102 valence electrons. The minimum absolute atomic E-state index is 0.287. The van der Waals surface area contributed by atoms with E-state index < -0.39 is 11.6 Å². The molecule has 0 unspecified atom stereocenters. The molecule has 0 amide bonds. The molecule has 0 aliphatic rings. The molecular formula is C12H8BrF2N5. The second kappa shape index (κ2) is 5.12. The Morgan fingerprint density at radius 1 is 1.20 bits per heavy atom. The minimum atomic E-state index is -0.889. The van der Waals surface area contributed by atoms with Crippen molar-refractivity contribution < 1.29 is 8.78 Å². The van der Waals surface area contributed by atoms with E-state index in [0.29, 0.717) is 21.5 Å². The van der Waals surface area contributed by atoms with Gasteiger partial charge in [-0.1, -0.05) is 15.9 Å². The highest BCUT2D eigenvalue weighted by molar-refractivity contribution is 9.10. The topological polar surface area (TPSA) is 66.5 Å². The Hall–Kier alpha value is -2.09. The van der Waals surface area contributed by atoms with Gasteiger partial charge in [0.15, 0.2) is 17.3 Å². The lowest BCUT2D eigenvalue weighted by atomic mass is 10.2. The van der Waals surface area contributed by atoms with Gasteiger partial charge in [-0.2, -0.15) is 5.10 Å². The van der Waals surface area contributed by atoms with E-state index in [-0.39, 0.29) is 6.54 Å². The third-order valence-electron chi connectivity index (χ3n) is 2.78. The molecule has 0 atom stereocenters. The van der Waals surface area contributed by atoms with Crippen molar-refractivity contribution in [2.45, 2.75) is 6.54 Å². The Morgan fingerprint density at radius 2 is 2.00 bits per heavy atom. The molecule has 2 N–H and O–H groups in total. The van der Waals surface area contributed by atoms with Gasteiger partial charge in [-0.3, -0.25) is 5.10 Å². The number of rotatable bonds is 3. The molecule has 0 aliphatic carbocycles. The normalized spacial score (nSPS) is 10.9. The van der Waals surface area contributed by atoms with Crippen molar-refractivity contribution in [2.24, 2.45) is 0 Å². The van der Waals surface area contributed by atoms with Gasteiger partial charge in [-0.15, -0.1) is 0 Å². The van der Waals surface area contributed by atoms with E-state index in [2.05, 4.69) is 41.4 Å². The number of fused-ring (bicyclic) bond motifs is 1. The lowest BCUT2D eigenvalue weighted by Crippen LogP contribution is -2.04. The number of hydrogen-bond acceptors (Lipinski definition) is 4. The average molecular weight is 340 g/mol. The number of halogens is 3. The van der Waals surface area contributed by atoms with Crippen LogP contribution in [0.1, 0.15) is 5.56 Å². The summed E-state index contributed by atoms with van der Waals surface area (Å²) in [4.78, 5) is 8.11. The molecule has 0 radical (unpaired) electrons. The Kier molecular flexibility index (Phi) is 3.31. The van der Waals surface area contributed by atoms with Crippen LogP contribution in [0.3, 0.4) is 0 Å². The van der Waals surface area contributed by atoms with Crippen LogP contribution in [0.4, 0.5) is 14.6 Å². The van der Waals surface area contributed by atoms with Gasteiger partial charge < -0.3 is 5.32 Å². The molecule has 3 rings (SSSR count). The monoisotopic (exact) mass is 339 g/mol. The molecule has 5 nitrogen and oxygen atoms in total. The van der Waals surface area contributed by atoms with Crippen LogP contribution in [0.25, 0.3) is 11.0 Å². The highest BCUT2D eigenvalue weighted by Crippen LogP contribution is 2.23. The van der Waals surface area contributed by atoms with Gasteiger partial charge in [0.25, 0.3) is 0 Å². The summed E-state index contributed by atoms with van der Waals surface area (Å²) in [5, 5.41) is 10.4. The molecule has 0 bridgehead atoms. The maximum atomic E-state index is 13.2. The molecule has 3 aromatic rings. The largest absolute Gasteiger partial charge is 0.365 e. The van der Waals surface area contributed by atoms with E-state index in [9.17, 15) is 8.78 Å². The number of aromatic amines is 1. The second-order valence-electron chi connectivity index (χ2n) is 4.07. The van der Waals surface area contributed by atoms with Gasteiger partial charge in [-0.25, -0.2) is 18.7 Å². The smallest absolute Gasteiger partial charge is 0.160 e. The van der Waals surface area contributed by atoms with E-state index in [0.717, 1.165) is 17.5 Å². The van der Waals surface area contributed by atoms with Gasteiger partial charge >= 0.3 is 0 Å². The van der Waals surface area contributed by atoms with Crippen LogP contribution in [-0.2, 0) is 6.54 Å². The molecule has 0 saturated heterocycles. The predicted octanol–water partition coefficient (Wildman–Crippen LogP) is 3.01. The summed E-state index contributed by atoms with van der Waals surface area (Å²) in [7, 11) is 0. The van der Waals surface area contributed by atoms with E-state index >= 15 is 0 Å². The van der Waals surface area contributed by atoms with Crippen LogP contribution in [0, 0.1) is 11.6 Å². The summed E-state index contributed by atoms with van der Waals surface area (Å²) in [6.07, 6.45) is 2.99. The zero-order valence-corrected chi connectivity index (χ0v) is 11.6. The van der Waals surface area contributed by atoms with Crippen LogP contribution in [-0.4, -0.2) is 20.2 Å². The first-order valence-electron chi connectivity index (χ1n) is 5.66. The highest BCUT2D eigenvalue weighted by Gasteiger charge is 2.09. The van der Waals surface area contributed by atoms with Crippen LogP contribution in [0.15, 0.2) is 29.1 Å². The fourth-order valence-electron chi connectivity index (χ4n) is 1.78. The maximum Gasteiger partial charge on any atom is 0.160 e. The molecule has 1 aromatic carbocycles. The van der Waals surface area contributed by atoms with Crippen molar-refractivity contribution >= 4 is 32.8 Å². The van der Waals surface area contributed by atoms with Crippen molar-refractivity contribution in [1.82, 2.24) is 20.2 Å². The molecular weight excluding hydrogens is 332 g/mol. The summed E-state index contributed by atoms with van der Waals surface area (Å²) in [5.41, 5.74) is 1.19. The third-order valence-corrected chi connectivity index (χ3v) is 3.52. The van der Waals surface area contributed by atoms with Crippen molar-refractivity contribution in [3.05, 3.63) is 46.3 Å². The van der Waals surface area contributed by atoms with Crippen molar-refractivity contribution in [1.29, 1.82) is 0 Å². The van der Waals surface area contributed by atoms with Crippen molar-refractivity contribution in [2.75, 3.05) is 5.32 Å². The highest BCUT2D eigenvalue weighted by atomic mass is 79.9. The summed E-state index contributed by atoms with van der Waals surface area (Å²) in [5.74, 6) is -1.21. The van der Waals surface area contributed by atoms with E-state index in [1.54, 1.807) is 6.20 Å². The zero-order chi connectivity index (χ0) is 14.1. The quantitative estimate of drug-likeness (QED) is 0.720. The van der Waals surface area contributed by atoms with Crippen LogP contribution >= 0.6 is 15.9 Å². The molecule has 0 fully saturated rings. The van der Waals surface area contributed by atoms with Crippen molar-refractivity contribution in [3.63, 3.8) is 0 Å². The number of aromatic nitrogens is 4. The number of nitrogens with one attached hydrogen (secondary N) is 2. The van der Waals surface area contributed by atoms with Gasteiger partial charge in [0, 0.05) is 11.0 Å². The second-order valence-corrected chi connectivity index (χ2v) is 4.92. The van der Waals surface area contributed by atoms with Gasteiger partial charge in [0.1, 0.15) is 12.1 Å². The summed E-state index contributed by atoms with van der Waals surface area (Å²) >= 11 is 3.20. The lowest BCUT2D eigenvalue weighted by molar-refractivity contribution is 0.506. The first-order valence-corrected chi connectivity index (χ1v) is 6.46. The molecule has 2 aromatic heterocycles. The third kappa shape index (κ3) is 2.34. The van der Waals surface area contributed by atoms with Gasteiger partial charge in [0.05, 0.1) is 11.6 Å². The number of anilines is 1. The first kappa shape index (κ1) is 12.9. The van der Waals surface area contributed by atoms with Crippen LogP contribution in [0.5, 0.6) is 0 Å². The number of H-pyrrole nitrogens is 1. The SMILES string of the molecule is Fc1cc(Br)c(CNc2ncnc3[nH]ncc23)cc1F. The average Bonchev–Trinajstić information content (AvgIpc) is 2.90. The number of benzene rings is 1. The first-order chi connectivity index (χ1) is 9.65. The van der Waals surface area contributed by atoms with Crippen LogP contribution < -0.4 is 5.32 Å². The summed E-state index contributed by atoms with van der Waals surface area (Å²) in [6.45, 7) is 0.287. The molecule has 20 heavy (non-hydrogen) atoms. The number of hydrogen-bond donors (Lipinski definition) is 2. The fraction of sp³-hybridized carbons (Fsp3) is 0.0833. The van der Waals surface area contributed by atoms with Crippen LogP contribution in [0.2, 0.25) is 0 Å². The van der Waals surface area contributed by atoms with E-state index in [1.807, 2.05) is 0 Å². The molecule has 0 aliphatic heterocycles. The minimum Gasteiger partial charge on any atom is -0.365 e. The van der Waals surface area contributed by atoms with E-state index in [1.165, 1.54) is 6.33 Å². The predicted molar refractivity (Wildman–Crippen MR) is 73.1 cm³/mol. The fourth-order valence-corrected chi connectivity index (χ4v) is 2.24. The Morgan fingerprint density at radius 3 is 2.85 bits per heavy atom. The van der Waals surface area contributed by atoms with Gasteiger partial charge in [0.2, 0.25) is 0 Å². The molecule has 0 spiro atoms. The van der Waals surface area contributed by atoms with Gasteiger partial charge in [-0.05, 0) is 17.7 Å². The lowest BCUT2D eigenvalue weighted by Gasteiger charge is -2.08. The summed E-state index contributed by atoms with van der Waals surface area (Å²) < 4.78 is 26.7. The standard InChI is InChI=1S/C12H8BrF2N5/c13-8-2-10(15)9(14)1-6(8)3-16-11-7-4-19-20-12(7)18-5-17-11/h1-2,4-5H,3H2,(H2,16,17,18,19,20). The molecule has 2 heterocycles. The molecule has 0 saturated carbocycles. The zero-order valence-electron chi connectivity index (χ0n) is 9.99. The Balaban J connectivity index is 1.86. The number of nitrogens with zero attached hydrogens (tertiary/aromatic N) is 3. The van der Waals surface area contributed by atoms with E-state index in [4.69, 9.17) is 0 Å². The molecule has 8 heteroatoms.